The van der Waals surface area contributed by atoms with Crippen molar-refractivity contribution < 1.29 is 9.63 Å². The number of hydrogen-bond donors (Lipinski definition) is 0. The summed E-state index contributed by atoms with van der Waals surface area (Å²) in [5, 5.41) is 2.61. The number of hydroxylamine groups is 2. The molecular weight excluding hydrogens is 304 g/mol. The monoisotopic (exact) mass is 328 g/mol. The lowest BCUT2D eigenvalue weighted by atomic mass is 9.89. The Labute approximate surface area is 141 Å². The Kier molecular flexibility index (Phi) is 5.00. The van der Waals surface area contributed by atoms with Crippen LogP contribution in [-0.4, -0.2) is 29.7 Å². The number of benzene rings is 1. The molecule has 0 bridgehead atoms. The van der Waals surface area contributed by atoms with Crippen molar-refractivity contribution in [3.8, 4) is 0 Å². The molecule has 2 aromatic rings. The molecule has 1 saturated carbocycles. The second kappa shape index (κ2) is 7.18. The van der Waals surface area contributed by atoms with Gasteiger partial charge < -0.3 is 4.57 Å². The van der Waals surface area contributed by atoms with E-state index in [9.17, 15) is 9.59 Å². The van der Waals surface area contributed by atoms with Crippen LogP contribution in [0.4, 0.5) is 0 Å². The number of pyridine rings is 1. The van der Waals surface area contributed by atoms with E-state index in [1.165, 1.54) is 31.4 Å². The smallest absolute Gasteiger partial charge is 0.293 e. The molecule has 5 heteroatoms. The van der Waals surface area contributed by atoms with Crippen LogP contribution in [0.2, 0.25) is 0 Å². The lowest BCUT2D eigenvalue weighted by molar-refractivity contribution is -0.0764. The minimum absolute atomic E-state index is 0.0912. The van der Waals surface area contributed by atoms with Crippen LogP contribution >= 0.6 is 0 Å². The molecule has 1 amide bonds. The molecule has 1 aromatic heterocycles. The van der Waals surface area contributed by atoms with Crippen molar-refractivity contribution in [3.05, 3.63) is 46.4 Å². The predicted octanol–water partition coefficient (Wildman–Crippen LogP) is 3.22. The van der Waals surface area contributed by atoms with Crippen LogP contribution in [0.25, 0.3) is 10.8 Å². The second-order valence-corrected chi connectivity index (χ2v) is 6.52. The maximum atomic E-state index is 13.0. The van der Waals surface area contributed by atoms with E-state index in [0.29, 0.717) is 23.5 Å². The van der Waals surface area contributed by atoms with E-state index < -0.39 is 0 Å². The lowest BCUT2D eigenvalue weighted by Gasteiger charge is -2.25. The Hall–Kier alpha value is -2.14. The van der Waals surface area contributed by atoms with Gasteiger partial charge in [0.05, 0.1) is 7.11 Å². The van der Waals surface area contributed by atoms with E-state index in [-0.39, 0.29) is 11.5 Å². The van der Waals surface area contributed by atoms with Gasteiger partial charge in [-0.3, -0.25) is 14.4 Å². The zero-order chi connectivity index (χ0) is 17.1. The average molecular weight is 328 g/mol. The number of carbonyl (C=O) groups is 1. The molecule has 0 radical (unpaired) electrons. The molecule has 0 aliphatic heterocycles. The highest BCUT2D eigenvalue weighted by molar-refractivity contribution is 5.96. The fraction of sp³-hybridized carbons (Fsp3) is 0.474. The highest BCUT2D eigenvalue weighted by Gasteiger charge is 2.22. The van der Waals surface area contributed by atoms with Crippen molar-refractivity contribution in [1.82, 2.24) is 9.63 Å². The van der Waals surface area contributed by atoms with Gasteiger partial charge in [0, 0.05) is 19.0 Å². The SMILES string of the molecule is CON(C)C(=O)c1cc2ccccc2c(=O)n1CC1CCCCC1. The van der Waals surface area contributed by atoms with Gasteiger partial charge in [-0.05, 0) is 36.3 Å². The zero-order valence-electron chi connectivity index (χ0n) is 14.3. The van der Waals surface area contributed by atoms with E-state index in [1.54, 1.807) is 17.7 Å². The lowest BCUT2D eigenvalue weighted by Crippen LogP contribution is -2.35. The van der Waals surface area contributed by atoms with E-state index in [4.69, 9.17) is 4.84 Å². The van der Waals surface area contributed by atoms with Crippen LogP contribution in [0.3, 0.4) is 0 Å². The summed E-state index contributed by atoms with van der Waals surface area (Å²) >= 11 is 0. The summed E-state index contributed by atoms with van der Waals surface area (Å²) in [4.78, 5) is 30.7. The van der Waals surface area contributed by atoms with Gasteiger partial charge in [0.15, 0.2) is 0 Å². The van der Waals surface area contributed by atoms with Crippen LogP contribution in [0.5, 0.6) is 0 Å². The highest BCUT2D eigenvalue weighted by Crippen LogP contribution is 2.25. The first-order valence-electron chi connectivity index (χ1n) is 8.56. The molecule has 1 aliphatic carbocycles. The molecule has 0 N–H and O–H groups in total. The fourth-order valence-electron chi connectivity index (χ4n) is 3.53. The van der Waals surface area contributed by atoms with Gasteiger partial charge >= 0.3 is 0 Å². The summed E-state index contributed by atoms with van der Waals surface area (Å²) in [6, 6.07) is 9.23. The third-order valence-corrected chi connectivity index (χ3v) is 4.96. The summed E-state index contributed by atoms with van der Waals surface area (Å²) in [5.41, 5.74) is 0.306. The molecule has 1 aromatic carbocycles. The molecule has 128 valence electrons. The summed E-state index contributed by atoms with van der Waals surface area (Å²) in [5.74, 6) is 0.160. The van der Waals surface area contributed by atoms with Gasteiger partial charge in [0.1, 0.15) is 5.69 Å². The van der Waals surface area contributed by atoms with Crippen molar-refractivity contribution in [3.63, 3.8) is 0 Å². The van der Waals surface area contributed by atoms with E-state index in [2.05, 4.69) is 0 Å². The number of fused-ring (bicyclic) bond motifs is 1. The Balaban J connectivity index is 2.10. The van der Waals surface area contributed by atoms with Gasteiger partial charge in [0.2, 0.25) is 0 Å². The number of hydrogen-bond acceptors (Lipinski definition) is 3. The van der Waals surface area contributed by atoms with Crippen LogP contribution < -0.4 is 5.56 Å². The molecule has 1 aliphatic rings. The largest absolute Gasteiger partial charge is 0.303 e. The zero-order valence-corrected chi connectivity index (χ0v) is 14.3. The van der Waals surface area contributed by atoms with Gasteiger partial charge in [-0.2, -0.15) is 0 Å². The third kappa shape index (κ3) is 3.22. The Morgan fingerprint density at radius 1 is 1.25 bits per heavy atom. The van der Waals surface area contributed by atoms with E-state index >= 15 is 0 Å². The molecule has 0 unspecified atom stereocenters. The first-order valence-corrected chi connectivity index (χ1v) is 8.56. The van der Waals surface area contributed by atoms with Gasteiger partial charge in [0.25, 0.3) is 11.5 Å². The Morgan fingerprint density at radius 2 is 1.96 bits per heavy atom. The second-order valence-electron chi connectivity index (χ2n) is 6.52. The molecule has 24 heavy (non-hydrogen) atoms. The molecule has 0 saturated heterocycles. The van der Waals surface area contributed by atoms with Gasteiger partial charge in [-0.15, -0.1) is 0 Å². The minimum Gasteiger partial charge on any atom is -0.303 e. The topological polar surface area (TPSA) is 51.5 Å². The fourth-order valence-corrected chi connectivity index (χ4v) is 3.53. The predicted molar refractivity (Wildman–Crippen MR) is 93.9 cm³/mol. The van der Waals surface area contributed by atoms with Crippen LogP contribution in [0.1, 0.15) is 42.6 Å². The first kappa shape index (κ1) is 16.7. The summed E-state index contributed by atoms with van der Waals surface area (Å²) in [6.45, 7) is 0.599. The number of carbonyl (C=O) groups excluding carboxylic acids is 1. The summed E-state index contributed by atoms with van der Waals surface area (Å²) < 4.78 is 1.65. The standard InChI is InChI=1S/C19H24N2O3/c1-20(24-2)19(23)17-12-15-10-6-7-11-16(15)18(22)21(17)13-14-8-4-3-5-9-14/h6-7,10-12,14H,3-5,8-9,13H2,1-2H3. The maximum Gasteiger partial charge on any atom is 0.293 e. The summed E-state index contributed by atoms with van der Waals surface area (Å²) in [6.07, 6.45) is 5.91. The average Bonchev–Trinajstić information content (AvgIpc) is 2.63. The Morgan fingerprint density at radius 3 is 2.67 bits per heavy atom. The van der Waals surface area contributed by atoms with Crippen molar-refractivity contribution >= 4 is 16.7 Å². The van der Waals surface area contributed by atoms with E-state index in [1.807, 2.05) is 24.3 Å². The summed E-state index contributed by atoms with van der Waals surface area (Å²) in [7, 11) is 3.01. The maximum absolute atomic E-state index is 13.0. The number of amides is 1. The van der Waals surface area contributed by atoms with Crippen LogP contribution in [-0.2, 0) is 11.4 Å². The third-order valence-electron chi connectivity index (χ3n) is 4.96. The molecular formula is C19H24N2O3. The molecule has 0 atom stereocenters. The van der Waals surface area contributed by atoms with Gasteiger partial charge in [-0.1, -0.05) is 37.5 Å². The highest BCUT2D eigenvalue weighted by atomic mass is 16.7. The normalized spacial score (nSPS) is 15.6. The van der Waals surface area contributed by atoms with Gasteiger partial charge in [-0.25, -0.2) is 5.06 Å². The number of nitrogens with zero attached hydrogens (tertiary/aromatic N) is 2. The number of aromatic nitrogens is 1. The van der Waals surface area contributed by atoms with Crippen LogP contribution in [0, 0.1) is 5.92 Å². The van der Waals surface area contributed by atoms with Crippen molar-refractivity contribution in [2.45, 2.75) is 38.6 Å². The Bertz CT molecular complexity index is 791. The molecule has 1 fully saturated rings. The quantitative estimate of drug-likeness (QED) is 0.810. The molecule has 5 nitrogen and oxygen atoms in total. The molecule has 3 rings (SSSR count). The van der Waals surface area contributed by atoms with Crippen LogP contribution in [0.15, 0.2) is 35.1 Å². The molecule has 0 spiro atoms. The first-order chi connectivity index (χ1) is 11.6. The van der Waals surface area contributed by atoms with Crippen molar-refractivity contribution in [1.29, 1.82) is 0 Å². The van der Waals surface area contributed by atoms with Crippen molar-refractivity contribution in [2.24, 2.45) is 5.92 Å². The number of rotatable bonds is 4. The minimum atomic E-state index is -0.295. The molecule has 1 heterocycles. The van der Waals surface area contributed by atoms with E-state index in [0.717, 1.165) is 18.2 Å². The van der Waals surface area contributed by atoms with Crippen molar-refractivity contribution in [2.75, 3.05) is 14.2 Å².